The Hall–Kier alpha value is -2.76. The molecule has 134 valence electrons. The maximum atomic E-state index is 10.0. The minimum absolute atomic E-state index is 0.159. The molecular formula is C21H21NO4. The molecule has 5 nitrogen and oxygen atoms in total. The Morgan fingerprint density at radius 1 is 1.12 bits per heavy atom. The first-order chi connectivity index (χ1) is 12.7. The third-order valence-corrected chi connectivity index (χ3v) is 5.04. The van der Waals surface area contributed by atoms with E-state index in [4.69, 9.17) is 9.47 Å². The topological polar surface area (TPSA) is 63.9 Å². The van der Waals surface area contributed by atoms with Crippen LogP contribution in [-0.4, -0.2) is 29.0 Å². The van der Waals surface area contributed by atoms with Crippen molar-refractivity contribution >= 4 is 11.6 Å². The molecule has 2 N–H and O–H groups in total. The number of methoxy groups -OCH3 is 2. The summed E-state index contributed by atoms with van der Waals surface area (Å²) in [6.45, 7) is -0.340. The van der Waals surface area contributed by atoms with Gasteiger partial charge in [-0.3, -0.25) is 0 Å². The van der Waals surface area contributed by atoms with E-state index in [1.54, 1.807) is 18.8 Å². The monoisotopic (exact) mass is 351 g/mol. The van der Waals surface area contributed by atoms with Crippen LogP contribution in [0.5, 0.6) is 11.5 Å². The highest BCUT2D eigenvalue weighted by molar-refractivity contribution is 5.87. The highest BCUT2D eigenvalue weighted by atomic mass is 16.5. The van der Waals surface area contributed by atoms with Gasteiger partial charge in [0.15, 0.2) is 11.5 Å². The quantitative estimate of drug-likeness (QED) is 0.856. The van der Waals surface area contributed by atoms with Gasteiger partial charge in [-0.15, -0.1) is 0 Å². The summed E-state index contributed by atoms with van der Waals surface area (Å²) in [7, 11) is 3.20. The van der Waals surface area contributed by atoms with E-state index in [-0.39, 0.29) is 13.3 Å². The lowest BCUT2D eigenvalue weighted by Crippen LogP contribution is -2.29. The Morgan fingerprint density at radius 3 is 2.62 bits per heavy atom. The van der Waals surface area contributed by atoms with Crippen LogP contribution in [0.2, 0.25) is 0 Å². The molecule has 0 atom stereocenters. The van der Waals surface area contributed by atoms with Crippen LogP contribution in [0.3, 0.4) is 0 Å². The van der Waals surface area contributed by atoms with Crippen molar-refractivity contribution in [3.8, 4) is 22.6 Å². The van der Waals surface area contributed by atoms with E-state index in [9.17, 15) is 10.2 Å². The number of aliphatic hydroxyl groups excluding tert-OH is 2. The number of aliphatic hydroxyl groups is 2. The van der Waals surface area contributed by atoms with E-state index >= 15 is 0 Å². The Kier molecular flexibility index (Phi) is 4.18. The second-order valence-electron chi connectivity index (χ2n) is 6.26. The van der Waals surface area contributed by atoms with E-state index < -0.39 is 0 Å². The van der Waals surface area contributed by atoms with Crippen molar-refractivity contribution in [3.05, 3.63) is 58.3 Å². The van der Waals surface area contributed by atoms with Crippen molar-refractivity contribution in [1.82, 2.24) is 4.57 Å². The van der Waals surface area contributed by atoms with Crippen LogP contribution in [0.25, 0.3) is 22.8 Å². The van der Waals surface area contributed by atoms with Crippen LogP contribution in [0, 0.1) is 0 Å². The standard InChI is InChI=1S/C21H21NO4/c1-25-18-8-7-14(10-19(18)26-2)20-16-9-13-5-3-4-6-15(13)21(16)22(12-24)17(20)11-23/h3-5,7-10,23-24H,6,11-12H2,1-2H3. The van der Waals surface area contributed by atoms with Gasteiger partial charge in [-0.1, -0.05) is 24.3 Å². The highest BCUT2D eigenvalue weighted by Gasteiger charge is 2.23. The molecule has 0 amide bonds. The van der Waals surface area contributed by atoms with E-state index in [2.05, 4.69) is 18.2 Å². The molecule has 1 aromatic heterocycles. The predicted octanol–water partition coefficient (Wildman–Crippen LogP) is 1.45. The Balaban J connectivity index is 2.05. The maximum Gasteiger partial charge on any atom is 0.161 e. The SMILES string of the molecule is COc1ccc(-c2c(CO)n(CO)c3c2=CC2=CC=CCC=32)cc1OC. The van der Waals surface area contributed by atoms with Crippen molar-refractivity contribution < 1.29 is 19.7 Å². The van der Waals surface area contributed by atoms with Gasteiger partial charge in [0.05, 0.1) is 31.9 Å². The van der Waals surface area contributed by atoms with Gasteiger partial charge in [0.2, 0.25) is 0 Å². The van der Waals surface area contributed by atoms with Crippen molar-refractivity contribution in [2.45, 2.75) is 19.8 Å². The smallest absolute Gasteiger partial charge is 0.161 e. The minimum atomic E-state index is -0.181. The average Bonchev–Trinajstić information content (AvgIpc) is 3.20. The van der Waals surface area contributed by atoms with Crippen LogP contribution in [0.1, 0.15) is 12.1 Å². The number of ether oxygens (including phenoxy) is 2. The van der Waals surface area contributed by atoms with Gasteiger partial charge >= 0.3 is 0 Å². The van der Waals surface area contributed by atoms with Gasteiger partial charge in [-0.05, 0) is 41.3 Å². The first kappa shape index (κ1) is 16.7. The molecule has 0 bridgehead atoms. The van der Waals surface area contributed by atoms with Gasteiger partial charge < -0.3 is 24.3 Å². The summed E-state index contributed by atoms with van der Waals surface area (Å²) in [5.74, 6) is 1.28. The lowest BCUT2D eigenvalue weighted by atomic mass is 10.0. The summed E-state index contributed by atoms with van der Waals surface area (Å²) in [4.78, 5) is 0. The summed E-state index contributed by atoms with van der Waals surface area (Å²) >= 11 is 0. The van der Waals surface area contributed by atoms with E-state index in [0.29, 0.717) is 17.2 Å². The number of hydrogen-bond acceptors (Lipinski definition) is 4. The highest BCUT2D eigenvalue weighted by Crippen LogP contribution is 2.33. The normalized spacial score (nSPS) is 14.6. The fraction of sp³-hybridized carbons (Fsp3) is 0.238. The molecule has 0 spiro atoms. The minimum Gasteiger partial charge on any atom is -0.493 e. The van der Waals surface area contributed by atoms with Crippen molar-refractivity contribution in [2.24, 2.45) is 0 Å². The molecule has 1 heterocycles. The molecule has 0 saturated carbocycles. The molecule has 2 aliphatic carbocycles. The molecule has 0 fully saturated rings. The summed E-state index contributed by atoms with van der Waals surface area (Å²) in [6.07, 6.45) is 9.18. The Morgan fingerprint density at radius 2 is 1.92 bits per heavy atom. The number of nitrogens with zero attached hydrogens (tertiary/aromatic N) is 1. The van der Waals surface area contributed by atoms with Crippen LogP contribution >= 0.6 is 0 Å². The maximum absolute atomic E-state index is 10.0. The number of fused-ring (bicyclic) bond motifs is 2. The predicted molar refractivity (Wildman–Crippen MR) is 100 cm³/mol. The van der Waals surface area contributed by atoms with Gasteiger partial charge in [-0.2, -0.15) is 0 Å². The molecule has 0 saturated heterocycles. The Labute approximate surface area is 151 Å². The fourth-order valence-electron chi connectivity index (χ4n) is 3.89. The molecule has 2 aromatic rings. The molecule has 2 aliphatic rings. The van der Waals surface area contributed by atoms with Gasteiger partial charge in [-0.25, -0.2) is 0 Å². The molecular weight excluding hydrogens is 330 g/mol. The van der Waals surface area contributed by atoms with Crippen LogP contribution < -0.4 is 20.0 Å². The molecule has 1 aromatic carbocycles. The zero-order chi connectivity index (χ0) is 18.3. The van der Waals surface area contributed by atoms with Crippen LogP contribution in [0.4, 0.5) is 0 Å². The number of hydrogen-bond donors (Lipinski definition) is 2. The summed E-state index contributed by atoms with van der Waals surface area (Å²) in [6, 6.07) is 5.71. The Bertz CT molecular complexity index is 1060. The third kappa shape index (κ3) is 2.32. The molecule has 4 rings (SSSR count). The first-order valence-corrected chi connectivity index (χ1v) is 8.51. The van der Waals surface area contributed by atoms with Gasteiger partial charge in [0.25, 0.3) is 0 Å². The van der Waals surface area contributed by atoms with E-state index in [1.165, 1.54) is 5.57 Å². The van der Waals surface area contributed by atoms with Crippen molar-refractivity contribution in [2.75, 3.05) is 14.2 Å². The molecule has 0 radical (unpaired) electrons. The second kappa shape index (κ2) is 6.52. The van der Waals surface area contributed by atoms with E-state index in [1.807, 2.05) is 24.3 Å². The molecule has 0 unspecified atom stereocenters. The first-order valence-electron chi connectivity index (χ1n) is 8.51. The summed E-state index contributed by atoms with van der Waals surface area (Å²) in [5.41, 5.74) is 4.87. The number of aromatic nitrogens is 1. The van der Waals surface area contributed by atoms with E-state index in [0.717, 1.165) is 33.7 Å². The number of benzene rings is 1. The number of allylic oxidation sites excluding steroid dienone is 4. The molecule has 0 aliphatic heterocycles. The lowest BCUT2D eigenvalue weighted by Gasteiger charge is -2.12. The summed E-state index contributed by atoms with van der Waals surface area (Å²) in [5, 5.41) is 22.0. The fourth-order valence-corrected chi connectivity index (χ4v) is 3.89. The van der Waals surface area contributed by atoms with Gasteiger partial charge in [0, 0.05) is 10.8 Å². The van der Waals surface area contributed by atoms with Crippen LogP contribution in [-0.2, 0) is 13.3 Å². The zero-order valence-corrected chi connectivity index (χ0v) is 14.8. The van der Waals surface area contributed by atoms with Crippen molar-refractivity contribution in [3.63, 3.8) is 0 Å². The summed E-state index contributed by atoms with van der Waals surface area (Å²) < 4.78 is 12.6. The molecule has 5 heteroatoms. The van der Waals surface area contributed by atoms with Crippen LogP contribution in [0.15, 0.2) is 42.0 Å². The average molecular weight is 351 g/mol. The number of rotatable bonds is 5. The third-order valence-electron chi connectivity index (χ3n) is 5.04. The second-order valence-corrected chi connectivity index (χ2v) is 6.26. The lowest BCUT2D eigenvalue weighted by molar-refractivity contribution is 0.190. The van der Waals surface area contributed by atoms with Crippen molar-refractivity contribution in [1.29, 1.82) is 0 Å². The zero-order valence-electron chi connectivity index (χ0n) is 14.8. The molecule has 26 heavy (non-hydrogen) atoms. The largest absolute Gasteiger partial charge is 0.493 e. The van der Waals surface area contributed by atoms with Gasteiger partial charge in [0.1, 0.15) is 6.73 Å².